The first kappa shape index (κ1) is 39.4. The van der Waals surface area contributed by atoms with Crippen molar-refractivity contribution >= 4 is 29.8 Å². The third-order valence-electron chi connectivity index (χ3n) is 7.27. The smallest absolute Gasteiger partial charge is 0.408 e. The molecule has 0 aromatic heterocycles. The van der Waals surface area contributed by atoms with Crippen LogP contribution in [0.3, 0.4) is 0 Å². The molecule has 0 radical (unpaired) electrons. The standard InChI is InChI=1S/C32H50N4O11/c1-16(2)14-20(34-28(41)22(17(3)4)36-31(44)47-32(5,6)7)27(40)35-23-24(38)25(39)26(46-30(23)43)29(42)33-19(15-21(37)45-8)18-12-10-9-11-13-18/h9-13,16-17,19-20,22-26,30,38-39,43H,14-15H2,1-8H3,(H,33,42)(H,34,41)(H,35,40)(H,36,44)/t19-,20-,22-,23+,24+,25+,26-,30?/m0/s1. The number of ether oxygens (including phenoxy) is 3. The van der Waals surface area contributed by atoms with Crippen LogP contribution in [0.2, 0.25) is 0 Å². The minimum atomic E-state index is -1.95. The average Bonchev–Trinajstić information content (AvgIpc) is 2.97. The molecule has 8 atom stereocenters. The van der Waals surface area contributed by atoms with Crippen molar-refractivity contribution < 1.29 is 53.5 Å². The third-order valence-corrected chi connectivity index (χ3v) is 7.27. The summed E-state index contributed by atoms with van der Waals surface area (Å²) in [4.78, 5) is 64.2. The Labute approximate surface area is 275 Å². The van der Waals surface area contributed by atoms with Crippen LogP contribution in [0.5, 0.6) is 0 Å². The van der Waals surface area contributed by atoms with Crippen LogP contribution < -0.4 is 21.3 Å². The zero-order valence-electron chi connectivity index (χ0n) is 28.2. The molecular formula is C32H50N4O11. The van der Waals surface area contributed by atoms with Crippen LogP contribution >= 0.6 is 0 Å². The maximum absolute atomic E-state index is 13.4. The van der Waals surface area contributed by atoms with Crippen molar-refractivity contribution in [2.75, 3.05) is 7.11 Å². The average molecular weight is 667 g/mol. The van der Waals surface area contributed by atoms with Gasteiger partial charge in [-0.1, -0.05) is 58.0 Å². The Kier molecular flexibility index (Phi) is 14.6. The summed E-state index contributed by atoms with van der Waals surface area (Å²) in [7, 11) is 1.20. The van der Waals surface area contributed by atoms with E-state index < -0.39 is 84.2 Å². The highest BCUT2D eigenvalue weighted by molar-refractivity contribution is 5.91. The molecule has 1 unspecified atom stereocenters. The first-order valence-corrected chi connectivity index (χ1v) is 15.6. The van der Waals surface area contributed by atoms with Crippen molar-refractivity contribution in [2.24, 2.45) is 11.8 Å². The fourth-order valence-electron chi connectivity index (χ4n) is 4.89. The third kappa shape index (κ3) is 12.1. The van der Waals surface area contributed by atoms with E-state index in [1.807, 2.05) is 13.8 Å². The van der Waals surface area contributed by atoms with Crippen LogP contribution in [0.15, 0.2) is 30.3 Å². The molecule has 7 N–H and O–H groups in total. The lowest BCUT2D eigenvalue weighted by molar-refractivity contribution is -0.243. The second kappa shape index (κ2) is 17.4. The molecule has 1 aromatic carbocycles. The number of carbonyl (C=O) groups is 5. The van der Waals surface area contributed by atoms with E-state index in [-0.39, 0.29) is 24.7 Å². The van der Waals surface area contributed by atoms with E-state index in [9.17, 15) is 39.3 Å². The van der Waals surface area contributed by atoms with E-state index in [4.69, 9.17) is 14.2 Å². The zero-order chi connectivity index (χ0) is 35.6. The summed E-state index contributed by atoms with van der Waals surface area (Å²) in [6.45, 7) is 12.1. The number of hydrogen-bond donors (Lipinski definition) is 7. The van der Waals surface area contributed by atoms with Crippen molar-refractivity contribution in [1.29, 1.82) is 0 Å². The number of benzene rings is 1. The van der Waals surface area contributed by atoms with Crippen LogP contribution in [0.4, 0.5) is 4.79 Å². The van der Waals surface area contributed by atoms with E-state index in [1.165, 1.54) is 7.11 Å². The van der Waals surface area contributed by atoms with Gasteiger partial charge in [-0.05, 0) is 44.6 Å². The van der Waals surface area contributed by atoms with Gasteiger partial charge >= 0.3 is 12.1 Å². The van der Waals surface area contributed by atoms with Crippen molar-refractivity contribution in [3.63, 3.8) is 0 Å². The van der Waals surface area contributed by atoms with Crippen LogP contribution in [0.25, 0.3) is 0 Å². The number of hydrogen-bond acceptors (Lipinski definition) is 11. The first-order chi connectivity index (χ1) is 21.8. The highest BCUT2D eigenvalue weighted by Crippen LogP contribution is 2.23. The SMILES string of the molecule is COC(=O)C[C@H](NC(=O)[C@H]1OC(O)[C@H](NC(=O)[C@H](CC(C)C)NC(=O)[C@@H](NC(=O)OC(C)(C)C)C(C)C)[C@@H](O)[C@H]1O)c1ccccc1. The number of alkyl carbamates (subject to hydrolysis) is 1. The Morgan fingerprint density at radius 3 is 2.04 bits per heavy atom. The van der Waals surface area contributed by atoms with Crippen LogP contribution in [0.1, 0.15) is 72.9 Å². The highest BCUT2D eigenvalue weighted by atomic mass is 16.6. The number of methoxy groups -OCH3 is 1. The fraction of sp³-hybridized carbons (Fsp3) is 0.656. The molecule has 0 spiro atoms. The predicted octanol–water partition coefficient (Wildman–Crippen LogP) is 0.411. The van der Waals surface area contributed by atoms with E-state index in [2.05, 4.69) is 21.3 Å². The van der Waals surface area contributed by atoms with Crippen LogP contribution in [-0.4, -0.2) is 101 Å². The normalized spacial score (nSPS) is 23.2. The van der Waals surface area contributed by atoms with Gasteiger partial charge in [0, 0.05) is 0 Å². The van der Waals surface area contributed by atoms with Crippen molar-refractivity contribution in [3.05, 3.63) is 35.9 Å². The fourth-order valence-corrected chi connectivity index (χ4v) is 4.89. The van der Waals surface area contributed by atoms with Crippen molar-refractivity contribution in [2.45, 2.75) is 116 Å². The first-order valence-electron chi connectivity index (χ1n) is 15.6. The molecule has 1 fully saturated rings. The molecule has 47 heavy (non-hydrogen) atoms. The van der Waals surface area contributed by atoms with Gasteiger partial charge in [0.05, 0.1) is 19.6 Å². The molecule has 1 heterocycles. The van der Waals surface area contributed by atoms with Gasteiger partial charge in [0.2, 0.25) is 11.8 Å². The molecule has 0 saturated carbocycles. The molecule has 264 valence electrons. The number of rotatable bonds is 13. The summed E-state index contributed by atoms with van der Waals surface area (Å²) in [5.74, 6) is -3.50. The van der Waals surface area contributed by atoms with E-state index in [0.29, 0.717) is 5.56 Å². The highest BCUT2D eigenvalue weighted by Gasteiger charge is 2.48. The summed E-state index contributed by atoms with van der Waals surface area (Å²) in [5.41, 5.74) is -0.245. The summed E-state index contributed by atoms with van der Waals surface area (Å²) >= 11 is 0. The van der Waals surface area contributed by atoms with Crippen molar-refractivity contribution in [3.8, 4) is 0 Å². The predicted molar refractivity (Wildman–Crippen MR) is 168 cm³/mol. The number of aliphatic hydroxyl groups is 3. The largest absolute Gasteiger partial charge is 0.469 e. The van der Waals surface area contributed by atoms with Gasteiger partial charge in [0.1, 0.15) is 35.9 Å². The number of esters is 1. The minimum absolute atomic E-state index is 0.0963. The maximum Gasteiger partial charge on any atom is 0.408 e. The van der Waals surface area contributed by atoms with Gasteiger partial charge < -0.3 is 50.8 Å². The summed E-state index contributed by atoms with van der Waals surface area (Å²) in [6, 6.07) is 3.80. The number of carbonyl (C=O) groups excluding carboxylic acids is 5. The van der Waals surface area contributed by atoms with E-state index in [1.54, 1.807) is 65.0 Å². The molecule has 1 saturated heterocycles. The monoisotopic (exact) mass is 666 g/mol. The molecule has 4 amide bonds. The van der Waals surface area contributed by atoms with Gasteiger partial charge in [-0.3, -0.25) is 19.2 Å². The Hall–Kier alpha value is -3.79. The molecule has 1 aliphatic rings. The Morgan fingerprint density at radius 2 is 1.51 bits per heavy atom. The molecular weight excluding hydrogens is 616 g/mol. The van der Waals surface area contributed by atoms with Crippen LogP contribution in [0, 0.1) is 11.8 Å². The molecule has 15 nitrogen and oxygen atoms in total. The second-order valence-electron chi connectivity index (χ2n) is 13.3. The Morgan fingerprint density at radius 1 is 0.894 bits per heavy atom. The van der Waals surface area contributed by atoms with Gasteiger partial charge in [-0.2, -0.15) is 0 Å². The topological polar surface area (TPSA) is 222 Å². The summed E-state index contributed by atoms with van der Waals surface area (Å²) in [5, 5.41) is 42.6. The molecule has 1 aromatic rings. The zero-order valence-corrected chi connectivity index (χ0v) is 28.2. The molecule has 0 aliphatic carbocycles. The summed E-state index contributed by atoms with van der Waals surface area (Å²) in [6.07, 6.45) is -8.41. The molecule has 2 rings (SSSR count). The quantitative estimate of drug-likeness (QED) is 0.143. The van der Waals surface area contributed by atoms with Gasteiger partial charge in [0.15, 0.2) is 12.4 Å². The molecule has 1 aliphatic heterocycles. The molecule has 0 bridgehead atoms. The van der Waals surface area contributed by atoms with E-state index in [0.717, 1.165) is 0 Å². The van der Waals surface area contributed by atoms with Gasteiger partial charge in [0.25, 0.3) is 5.91 Å². The van der Waals surface area contributed by atoms with Gasteiger partial charge in [-0.25, -0.2) is 4.79 Å². The van der Waals surface area contributed by atoms with Crippen molar-refractivity contribution in [1.82, 2.24) is 21.3 Å². The Bertz CT molecular complexity index is 1220. The minimum Gasteiger partial charge on any atom is -0.469 e. The van der Waals surface area contributed by atoms with E-state index >= 15 is 0 Å². The Balaban J connectivity index is 2.16. The molecule has 15 heteroatoms. The lowest BCUT2D eigenvalue weighted by atomic mass is 9.94. The maximum atomic E-state index is 13.4. The second-order valence-corrected chi connectivity index (χ2v) is 13.3. The lowest BCUT2D eigenvalue weighted by Gasteiger charge is -2.41. The number of aliphatic hydroxyl groups excluding tert-OH is 3. The summed E-state index contributed by atoms with van der Waals surface area (Å²) < 4.78 is 15.3. The van der Waals surface area contributed by atoms with Crippen LogP contribution in [-0.2, 0) is 33.4 Å². The number of amides is 4. The lowest BCUT2D eigenvalue weighted by Crippen LogP contribution is -2.67. The number of nitrogens with one attached hydrogen (secondary N) is 4. The van der Waals surface area contributed by atoms with Gasteiger partial charge in [-0.15, -0.1) is 0 Å².